The Balaban J connectivity index is 1.55. The molecule has 8 heteroatoms. The van der Waals surface area contributed by atoms with Crippen LogP contribution in [0.15, 0.2) is 47.7 Å². The molecule has 1 aromatic heterocycles. The summed E-state index contributed by atoms with van der Waals surface area (Å²) in [4.78, 5) is 17.2. The van der Waals surface area contributed by atoms with Crippen LogP contribution in [0.2, 0.25) is 0 Å². The molecule has 1 atom stereocenters. The van der Waals surface area contributed by atoms with Crippen LogP contribution in [0.25, 0.3) is 0 Å². The molecule has 1 aliphatic heterocycles. The van der Waals surface area contributed by atoms with Crippen LogP contribution in [0.4, 0.5) is 10.3 Å². The van der Waals surface area contributed by atoms with Gasteiger partial charge >= 0.3 is 0 Å². The van der Waals surface area contributed by atoms with Crippen molar-refractivity contribution in [2.75, 3.05) is 44.7 Å². The lowest BCUT2D eigenvalue weighted by Gasteiger charge is -2.35. The lowest BCUT2D eigenvalue weighted by atomic mass is 10.1. The number of rotatable bonds is 5. The number of guanidine groups is 1. The number of nitrogens with two attached hydrogens (primary N) is 1. The molecule has 0 amide bonds. The molecule has 0 spiro atoms. The zero-order valence-electron chi connectivity index (χ0n) is 14.8. The summed E-state index contributed by atoms with van der Waals surface area (Å²) in [7, 11) is 1.61. The van der Waals surface area contributed by atoms with Gasteiger partial charge in [-0.1, -0.05) is 12.1 Å². The molecule has 7 nitrogen and oxygen atoms in total. The molecule has 0 bridgehead atoms. The Kier molecular flexibility index (Phi) is 5.96. The zero-order chi connectivity index (χ0) is 18.4. The maximum atomic E-state index is 13.1. The second-order valence-electron chi connectivity index (χ2n) is 6.00. The van der Waals surface area contributed by atoms with Crippen molar-refractivity contribution in [2.45, 2.75) is 6.10 Å². The third-order valence-corrected chi connectivity index (χ3v) is 4.38. The van der Waals surface area contributed by atoms with Crippen molar-refractivity contribution in [3.63, 3.8) is 0 Å². The average molecular weight is 358 g/mol. The number of aromatic nitrogens is 2. The molecule has 3 rings (SSSR count). The third-order valence-electron chi connectivity index (χ3n) is 4.38. The summed E-state index contributed by atoms with van der Waals surface area (Å²) in [6, 6.07) is 8.04. The monoisotopic (exact) mass is 358 g/mol. The molecule has 0 aliphatic carbocycles. The van der Waals surface area contributed by atoms with E-state index in [4.69, 9.17) is 10.5 Å². The molecule has 0 saturated carbocycles. The van der Waals surface area contributed by atoms with Gasteiger partial charge in [-0.05, 0) is 23.8 Å². The maximum Gasteiger partial charge on any atom is 0.225 e. The number of methoxy groups -OCH3 is 1. The molecule has 1 unspecified atom stereocenters. The Morgan fingerprint density at radius 2 is 1.85 bits per heavy atom. The fourth-order valence-corrected chi connectivity index (χ4v) is 2.86. The number of benzene rings is 1. The minimum Gasteiger partial charge on any atom is -0.375 e. The predicted octanol–water partition coefficient (Wildman–Crippen LogP) is 1.44. The average Bonchev–Trinajstić information content (AvgIpc) is 2.70. The molecule has 2 heterocycles. The number of anilines is 1. The SMILES string of the molecule is COC(CN=C(N)N1CCN(c2ncccn2)CC1)c1ccc(F)cc1. The number of aliphatic imine (C=N–C) groups is 1. The van der Waals surface area contributed by atoms with Crippen molar-refractivity contribution < 1.29 is 9.13 Å². The third kappa shape index (κ3) is 4.45. The highest BCUT2D eigenvalue weighted by Gasteiger charge is 2.20. The van der Waals surface area contributed by atoms with E-state index in [0.717, 1.165) is 37.7 Å². The summed E-state index contributed by atoms with van der Waals surface area (Å²) in [6.45, 7) is 3.46. The van der Waals surface area contributed by atoms with E-state index < -0.39 is 0 Å². The van der Waals surface area contributed by atoms with Crippen LogP contribution in [-0.4, -0.2) is 60.7 Å². The minimum absolute atomic E-state index is 0.256. The summed E-state index contributed by atoms with van der Waals surface area (Å²) in [5, 5.41) is 0. The first-order chi connectivity index (χ1) is 12.7. The predicted molar refractivity (Wildman–Crippen MR) is 98.5 cm³/mol. The number of ether oxygens (including phenoxy) is 1. The van der Waals surface area contributed by atoms with Crippen LogP contribution in [0.5, 0.6) is 0 Å². The number of hydrogen-bond donors (Lipinski definition) is 1. The lowest BCUT2D eigenvalue weighted by Crippen LogP contribution is -2.51. The van der Waals surface area contributed by atoms with Gasteiger partial charge in [-0.15, -0.1) is 0 Å². The van der Waals surface area contributed by atoms with Crippen LogP contribution in [0.1, 0.15) is 11.7 Å². The van der Waals surface area contributed by atoms with Gasteiger partial charge in [0.15, 0.2) is 5.96 Å². The van der Waals surface area contributed by atoms with Crippen molar-refractivity contribution in [3.8, 4) is 0 Å². The molecule has 1 saturated heterocycles. The second kappa shape index (κ2) is 8.57. The summed E-state index contributed by atoms with van der Waals surface area (Å²) in [6.07, 6.45) is 3.23. The highest BCUT2D eigenvalue weighted by atomic mass is 19.1. The Bertz CT molecular complexity index is 716. The number of hydrogen-bond acceptors (Lipinski definition) is 5. The van der Waals surface area contributed by atoms with Crippen molar-refractivity contribution in [1.29, 1.82) is 0 Å². The Morgan fingerprint density at radius 3 is 2.46 bits per heavy atom. The van der Waals surface area contributed by atoms with Gasteiger partial charge in [0.25, 0.3) is 0 Å². The van der Waals surface area contributed by atoms with E-state index in [9.17, 15) is 4.39 Å². The number of nitrogens with zero attached hydrogens (tertiary/aromatic N) is 5. The van der Waals surface area contributed by atoms with E-state index >= 15 is 0 Å². The van der Waals surface area contributed by atoms with Crippen LogP contribution >= 0.6 is 0 Å². The van der Waals surface area contributed by atoms with E-state index in [-0.39, 0.29) is 11.9 Å². The largest absolute Gasteiger partial charge is 0.375 e. The molecule has 138 valence electrons. The summed E-state index contributed by atoms with van der Waals surface area (Å²) < 4.78 is 18.5. The zero-order valence-corrected chi connectivity index (χ0v) is 14.8. The van der Waals surface area contributed by atoms with E-state index in [0.29, 0.717) is 12.5 Å². The van der Waals surface area contributed by atoms with Crippen LogP contribution < -0.4 is 10.6 Å². The molecule has 1 aromatic carbocycles. The summed E-state index contributed by atoms with van der Waals surface area (Å²) >= 11 is 0. The fraction of sp³-hybridized carbons (Fsp3) is 0.389. The Labute approximate surface area is 152 Å². The van der Waals surface area contributed by atoms with Gasteiger partial charge in [0.1, 0.15) is 11.9 Å². The van der Waals surface area contributed by atoms with E-state index in [1.807, 2.05) is 4.90 Å². The van der Waals surface area contributed by atoms with Gasteiger partial charge in [-0.25, -0.2) is 14.4 Å². The Hall–Kier alpha value is -2.74. The fourth-order valence-electron chi connectivity index (χ4n) is 2.86. The normalized spacial score (nSPS) is 16.6. The lowest BCUT2D eigenvalue weighted by molar-refractivity contribution is 0.110. The van der Waals surface area contributed by atoms with Gasteiger partial charge in [0.2, 0.25) is 5.95 Å². The van der Waals surface area contributed by atoms with Crippen molar-refractivity contribution in [2.24, 2.45) is 10.7 Å². The first-order valence-corrected chi connectivity index (χ1v) is 8.52. The quantitative estimate of drug-likeness (QED) is 0.644. The van der Waals surface area contributed by atoms with Gasteiger partial charge < -0.3 is 20.3 Å². The van der Waals surface area contributed by atoms with Crippen LogP contribution in [0.3, 0.4) is 0 Å². The Morgan fingerprint density at radius 1 is 1.19 bits per heavy atom. The van der Waals surface area contributed by atoms with E-state index in [1.54, 1.807) is 37.7 Å². The van der Waals surface area contributed by atoms with Gasteiger partial charge in [0.05, 0.1) is 6.54 Å². The molecule has 2 N–H and O–H groups in total. The van der Waals surface area contributed by atoms with Crippen molar-refractivity contribution in [1.82, 2.24) is 14.9 Å². The number of halogens is 1. The maximum absolute atomic E-state index is 13.1. The van der Waals surface area contributed by atoms with Crippen LogP contribution in [0, 0.1) is 5.82 Å². The van der Waals surface area contributed by atoms with E-state index in [2.05, 4.69) is 19.9 Å². The molecule has 1 fully saturated rings. The smallest absolute Gasteiger partial charge is 0.225 e. The first kappa shape index (κ1) is 18.1. The number of piperazine rings is 1. The van der Waals surface area contributed by atoms with Gasteiger partial charge in [-0.3, -0.25) is 4.99 Å². The van der Waals surface area contributed by atoms with Crippen LogP contribution in [-0.2, 0) is 4.74 Å². The molecular weight excluding hydrogens is 335 g/mol. The highest BCUT2D eigenvalue weighted by Crippen LogP contribution is 2.17. The van der Waals surface area contributed by atoms with E-state index in [1.165, 1.54) is 12.1 Å². The van der Waals surface area contributed by atoms with Crippen molar-refractivity contribution >= 4 is 11.9 Å². The molecular formula is C18H23FN6O. The topological polar surface area (TPSA) is 79.9 Å². The molecule has 0 radical (unpaired) electrons. The first-order valence-electron chi connectivity index (χ1n) is 8.52. The minimum atomic E-state index is -0.271. The van der Waals surface area contributed by atoms with Crippen molar-refractivity contribution in [3.05, 3.63) is 54.1 Å². The highest BCUT2D eigenvalue weighted by molar-refractivity contribution is 5.78. The van der Waals surface area contributed by atoms with Gasteiger partial charge in [-0.2, -0.15) is 0 Å². The second-order valence-corrected chi connectivity index (χ2v) is 6.00. The molecule has 2 aromatic rings. The van der Waals surface area contributed by atoms with Gasteiger partial charge in [0, 0.05) is 45.7 Å². The summed E-state index contributed by atoms with van der Waals surface area (Å²) in [5.41, 5.74) is 7.02. The molecule has 26 heavy (non-hydrogen) atoms. The standard InChI is InChI=1S/C18H23FN6O/c1-26-16(14-3-5-15(19)6-4-14)13-23-17(20)24-9-11-25(12-10-24)18-21-7-2-8-22-18/h2-8,16H,9-13H2,1H3,(H2,20,23). The molecule has 1 aliphatic rings. The summed E-state index contributed by atoms with van der Waals surface area (Å²) in [5.74, 6) is 0.952.